The molecule has 1 amide bonds. The van der Waals surface area contributed by atoms with Crippen LogP contribution in [0.1, 0.15) is 28.9 Å². The number of benzene rings is 1. The van der Waals surface area contributed by atoms with Crippen LogP contribution in [0.2, 0.25) is 0 Å². The zero-order valence-electron chi connectivity index (χ0n) is 15.1. The van der Waals surface area contributed by atoms with Gasteiger partial charge >= 0.3 is 0 Å². The lowest BCUT2D eigenvalue weighted by Crippen LogP contribution is -2.32. The van der Waals surface area contributed by atoms with Crippen LogP contribution in [0.5, 0.6) is 5.75 Å². The van der Waals surface area contributed by atoms with Crippen molar-refractivity contribution in [3.8, 4) is 5.75 Å². The molecule has 136 valence electrons. The van der Waals surface area contributed by atoms with Gasteiger partial charge < -0.3 is 4.74 Å². The van der Waals surface area contributed by atoms with Crippen molar-refractivity contribution in [1.82, 2.24) is 14.5 Å². The molecule has 0 spiro atoms. The number of ether oxygens (including phenoxy) is 1. The Morgan fingerprint density at radius 3 is 2.44 bits per heavy atom. The van der Waals surface area contributed by atoms with Gasteiger partial charge in [-0.05, 0) is 51.0 Å². The van der Waals surface area contributed by atoms with Crippen LogP contribution in [0.3, 0.4) is 0 Å². The fourth-order valence-corrected chi connectivity index (χ4v) is 3.91. The van der Waals surface area contributed by atoms with Gasteiger partial charge in [-0.2, -0.15) is 5.10 Å². The van der Waals surface area contributed by atoms with Gasteiger partial charge in [-0.1, -0.05) is 6.07 Å². The molecule has 0 aliphatic heterocycles. The summed E-state index contributed by atoms with van der Waals surface area (Å²) in [5, 5.41) is 4.06. The molecule has 1 aromatic carbocycles. The van der Waals surface area contributed by atoms with Crippen molar-refractivity contribution >= 4 is 15.9 Å². The Morgan fingerprint density at radius 2 is 1.88 bits per heavy atom. The molecule has 0 aliphatic rings. The van der Waals surface area contributed by atoms with E-state index in [1.807, 2.05) is 32.0 Å². The van der Waals surface area contributed by atoms with Crippen molar-refractivity contribution in [2.24, 2.45) is 7.05 Å². The average Bonchev–Trinajstić information content (AvgIpc) is 2.75. The Balaban J connectivity index is 1.96. The highest BCUT2D eigenvalue weighted by atomic mass is 32.2. The molecule has 0 atom stereocenters. The number of hydrogen-bond acceptors (Lipinski definition) is 5. The van der Waals surface area contributed by atoms with Crippen molar-refractivity contribution in [2.45, 2.75) is 39.0 Å². The summed E-state index contributed by atoms with van der Waals surface area (Å²) >= 11 is 0. The maximum absolute atomic E-state index is 12.4. The molecule has 1 aromatic heterocycles. The van der Waals surface area contributed by atoms with Crippen LogP contribution in [0.15, 0.2) is 23.1 Å². The SMILES string of the molecule is Cc1ccc(OCCC(=O)NS(=O)(=O)c2c(C)nn(C)c2C)cc1C. The van der Waals surface area contributed by atoms with E-state index in [1.165, 1.54) is 4.68 Å². The standard InChI is InChI=1S/C17H23N3O4S/c1-11-6-7-15(10-12(11)2)24-9-8-16(21)19-25(22,23)17-13(3)18-20(5)14(17)4/h6-7,10H,8-9H2,1-5H3,(H,19,21). The second-order valence-electron chi connectivity index (χ2n) is 6.00. The molecule has 0 fully saturated rings. The van der Waals surface area contributed by atoms with E-state index >= 15 is 0 Å². The van der Waals surface area contributed by atoms with Crippen LogP contribution in [-0.4, -0.2) is 30.7 Å². The Bertz CT molecular complexity index is 901. The topological polar surface area (TPSA) is 90.3 Å². The van der Waals surface area contributed by atoms with Gasteiger partial charge in [0.1, 0.15) is 10.6 Å². The van der Waals surface area contributed by atoms with E-state index in [1.54, 1.807) is 20.9 Å². The molecule has 0 unspecified atom stereocenters. The highest BCUT2D eigenvalue weighted by Gasteiger charge is 2.25. The summed E-state index contributed by atoms with van der Waals surface area (Å²) in [6.45, 7) is 7.30. The van der Waals surface area contributed by atoms with Crippen LogP contribution in [-0.2, 0) is 21.9 Å². The van der Waals surface area contributed by atoms with Crippen molar-refractivity contribution in [2.75, 3.05) is 6.61 Å². The van der Waals surface area contributed by atoms with E-state index in [2.05, 4.69) is 9.82 Å². The lowest BCUT2D eigenvalue weighted by Gasteiger charge is -2.09. The molecule has 1 N–H and O–H groups in total. The van der Waals surface area contributed by atoms with Gasteiger partial charge in [-0.25, -0.2) is 13.1 Å². The minimum atomic E-state index is -3.95. The van der Waals surface area contributed by atoms with Gasteiger partial charge in [0.15, 0.2) is 0 Å². The van der Waals surface area contributed by atoms with Crippen molar-refractivity contribution in [3.63, 3.8) is 0 Å². The quantitative estimate of drug-likeness (QED) is 0.845. The third kappa shape index (κ3) is 4.39. The maximum Gasteiger partial charge on any atom is 0.267 e. The molecule has 0 radical (unpaired) electrons. The minimum Gasteiger partial charge on any atom is -0.493 e. The highest BCUT2D eigenvalue weighted by Crippen LogP contribution is 2.19. The summed E-state index contributed by atoms with van der Waals surface area (Å²) in [6.07, 6.45) is -0.0650. The first-order valence-electron chi connectivity index (χ1n) is 7.87. The first-order chi connectivity index (χ1) is 11.6. The molecule has 0 aliphatic carbocycles. The van der Waals surface area contributed by atoms with Gasteiger partial charge in [0.25, 0.3) is 10.0 Å². The smallest absolute Gasteiger partial charge is 0.267 e. The molecule has 7 nitrogen and oxygen atoms in total. The van der Waals surface area contributed by atoms with Crippen LogP contribution in [0.25, 0.3) is 0 Å². The summed E-state index contributed by atoms with van der Waals surface area (Å²) in [5.74, 6) is 0.0317. The van der Waals surface area contributed by atoms with Crippen LogP contribution >= 0.6 is 0 Å². The number of carbonyl (C=O) groups is 1. The summed E-state index contributed by atoms with van der Waals surface area (Å²) < 4.78 is 33.8. The number of amides is 1. The zero-order valence-corrected chi connectivity index (χ0v) is 15.9. The van der Waals surface area contributed by atoms with E-state index in [0.717, 1.165) is 11.1 Å². The molecule has 2 rings (SSSR count). The van der Waals surface area contributed by atoms with Crippen molar-refractivity contribution in [3.05, 3.63) is 40.7 Å². The van der Waals surface area contributed by atoms with E-state index < -0.39 is 15.9 Å². The molecule has 2 aromatic rings. The molecular weight excluding hydrogens is 342 g/mol. The number of nitrogens with zero attached hydrogens (tertiary/aromatic N) is 2. The largest absolute Gasteiger partial charge is 0.493 e. The predicted octanol–water partition coefficient (Wildman–Crippen LogP) is 1.93. The second kappa shape index (κ2) is 7.26. The maximum atomic E-state index is 12.4. The fourth-order valence-electron chi connectivity index (χ4n) is 2.46. The highest BCUT2D eigenvalue weighted by molar-refractivity contribution is 7.90. The number of hydrogen-bond donors (Lipinski definition) is 1. The zero-order chi connectivity index (χ0) is 18.8. The van der Waals surface area contributed by atoms with E-state index in [-0.39, 0.29) is 17.9 Å². The lowest BCUT2D eigenvalue weighted by molar-refractivity contribution is -0.119. The lowest BCUT2D eigenvalue weighted by atomic mass is 10.1. The molecule has 25 heavy (non-hydrogen) atoms. The number of aromatic nitrogens is 2. The fraction of sp³-hybridized carbons (Fsp3) is 0.412. The summed E-state index contributed by atoms with van der Waals surface area (Å²) in [4.78, 5) is 12.0. The third-order valence-electron chi connectivity index (χ3n) is 4.04. The average molecular weight is 365 g/mol. The van der Waals surface area contributed by atoms with Gasteiger partial charge in [-0.15, -0.1) is 0 Å². The van der Waals surface area contributed by atoms with Gasteiger partial charge in [0.05, 0.1) is 24.4 Å². The molecule has 1 heterocycles. The van der Waals surface area contributed by atoms with E-state index in [0.29, 0.717) is 17.1 Å². The summed E-state index contributed by atoms with van der Waals surface area (Å²) in [6, 6.07) is 5.63. The first-order valence-corrected chi connectivity index (χ1v) is 9.36. The first kappa shape index (κ1) is 19.0. The molecular formula is C17H23N3O4S. The van der Waals surface area contributed by atoms with Crippen molar-refractivity contribution < 1.29 is 17.9 Å². The third-order valence-corrected chi connectivity index (χ3v) is 5.66. The minimum absolute atomic E-state index is 0.0402. The summed E-state index contributed by atoms with van der Waals surface area (Å²) in [7, 11) is -2.29. The van der Waals surface area contributed by atoms with Gasteiger partial charge in [0, 0.05) is 7.05 Å². The Kier molecular flexibility index (Phi) is 5.52. The van der Waals surface area contributed by atoms with Crippen LogP contribution in [0, 0.1) is 27.7 Å². The number of rotatable bonds is 6. The predicted molar refractivity (Wildman–Crippen MR) is 94.0 cm³/mol. The van der Waals surface area contributed by atoms with Crippen molar-refractivity contribution in [1.29, 1.82) is 0 Å². The Hall–Kier alpha value is -2.35. The number of aryl methyl sites for hydroxylation is 4. The van der Waals surface area contributed by atoms with E-state index in [9.17, 15) is 13.2 Å². The van der Waals surface area contributed by atoms with E-state index in [4.69, 9.17) is 4.74 Å². The number of carbonyl (C=O) groups excluding carboxylic acids is 1. The monoisotopic (exact) mass is 365 g/mol. The molecule has 8 heteroatoms. The molecule has 0 bridgehead atoms. The number of sulfonamides is 1. The summed E-state index contributed by atoms with van der Waals surface area (Å²) in [5.41, 5.74) is 3.07. The Labute approximate surface area is 148 Å². The Morgan fingerprint density at radius 1 is 1.20 bits per heavy atom. The van der Waals surface area contributed by atoms with Crippen LogP contribution < -0.4 is 9.46 Å². The second-order valence-corrected chi connectivity index (χ2v) is 7.62. The van der Waals surface area contributed by atoms with Crippen LogP contribution in [0.4, 0.5) is 0 Å². The number of nitrogens with one attached hydrogen (secondary N) is 1. The molecule has 0 saturated carbocycles. The van der Waals surface area contributed by atoms with Gasteiger partial charge in [0.2, 0.25) is 5.91 Å². The normalized spacial score (nSPS) is 11.4. The molecule has 0 saturated heterocycles. The van der Waals surface area contributed by atoms with Gasteiger partial charge in [-0.3, -0.25) is 9.48 Å².